The molecule has 0 bridgehead atoms. The molecule has 0 fully saturated rings. The highest BCUT2D eigenvalue weighted by Gasteiger charge is 2.14. The molecule has 0 atom stereocenters. The van der Waals surface area contributed by atoms with Crippen LogP contribution in [-0.2, 0) is 11.3 Å². The van der Waals surface area contributed by atoms with Crippen molar-refractivity contribution in [2.24, 2.45) is 4.99 Å². The minimum atomic E-state index is -0.419. The summed E-state index contributed by atoms with van der Waals surface area (Å²) in [6.07, 6.45) is 1.04. The van der Waals surface area contributed by atoms with E-state index < -0.39 is 5.97 Å². The number of ether oxygens (including phenoxy) is 2. The molecule has 172 valence electrons. The minimum Gasteiger partial charge on any atom is -0.496 e. The van der Waals surface area contributed by atoms with Crippen LogP contribution in [-0.4, -0.2) is 62.8 Å². The van der Waals surface area contributed by atoms with Gasteiger partial charge in [0.15, 0.2) is 5.96 Å². The van der Waals surface area contributed by atoms with E-state index in [2.05, 4.69) is 48.2 Å². The van der Waals surface area contributed by atoms with Crippen LogP contribution >= 0.6 is 24.0 Å². The molecule has 0 heterocycles. The fourth-order valence-corrected chi connectivity index (χ4v) is 3.22. The smallest absolute Gasteiger partial charge is 0.341 e. The van der Waals surface area contributed by atoms with Crippen LogP contribution in [0.4, 0.5) is 0 Å². The number of rotatable bonds is 11. The Morgan fingerprint density at radius 3 is 2.33 bits per heavy atom. The Balaban J connectivity index is 0.00000841. The highest BCUT2D eigenvalue weighted by molar-refractivity contribution is 14.0. The molecule has 7 nitrogen and oxygen atoms in total. The predicted molar refractivity (Wildman–Crippen MR) is 134 cm³/mol. The molecule has 1 rings (SSSR count). The molecule has 0 unspecified atom stereocenters. The number of hydrogen-bond donors (Lipinski definition) is 2. The van der Waals surface area contributed by atoms with Gasteiger partial charge in [0.2, 0.25) is 0 Å². The Hall–Kier alpha value is -1.55. The maximum Gasteiger partial charge on any atom is 0.341 e. The summed E-state index contributed by atoms with van der Waals surface area (Å²) in [5, 5.41) is 6.66. The first kappa shape index (κ1) is 28.5. The maximum atomic E-state index is 11.9. The predicted octanol–water partition coefficient (Wildman–Crippen LogP) is 3.66. The van der Waals surface area contributed by atoms with E-state index >= 15 is 0 Å². The van der Waals surface area contributed by atoms with Gasteiger partial charge in [-0.25, -0.2) is 9.79 Å². The molecule has 0 aromatic heterocycles. The van der Waals surface area contributed by atoms with Crippen LogP contribution in [0.2, 0.25) is 0 Å². The molecular formula is C22H39IN4O3. The second kappa shape index (κ2) is 15.3. The highest BCUT2D eigenvalue weighted by Crippen LogP contribution is 2.21. The van der Waals surface area contributed by atoms with Crippen LogP contribution in [0.5, 0.6) is 5.75 Å². The number of guanidine groups is 1. The summed E-state index contributed by atoms with van der Waals surface area (Å²) >= 11 is 0. The van der Waals surface area contributed by atoms with E-state index in [1.807, 2.05) is 13.0 Å². The Kier molecular flexibility index (Phi) is 14.5. The van der Waals surface area contributed by atoms with Crippen molar-refractivity contribution < 1.29 is 14.3 Å². The van der Waals surface area contributed by atoms with Gasteiger partial charge in [-0.2, -0.15) is 0 Å². The molecule has 0 aliphatic heterocycles. The van der Waals surface area contributed by atoms with E-state index in [0.29, 0.717) is 29.9 Å². The SMILES string of the molecule is CCNC(=NCc1ccc(OC)c(C(=O)OC)c1)NCCCN(C(C)C)C(C)C.I. The van der Waals surface area contributed by atoms with E-state index in [-0.39, 0.29) is 24.0 Å². The average Bonchev–Trinajstić information content (AvgIpc) is 2.70. The summed E-state index contributed by atoms with van der Waals surface area (Å²) < 4.78 is 10.1. The lowest BCUT2D eigenvalue weighted by Crippen LogP contribution is -2.41. The average molecular weight is 534 g/mol. The van der Waals surface area contributed by atoms with Crippen LogP contribution in [0.1, 0.15) is 57.0 Å². The third-order valence-electron chi connectivity index (χ3n) is 4.65. The number of benzene rings is 1. The Bertz CT molecular complexity index is 658. The van der Waals surface area contributed by atoms with E-state index in [1.54, 1.807) is 12.1 Å². The lowest BCUT2D eigenvalue weighted by Gasteiger charge is -2.30. The van der Waals surface area contributed by atoms with Crippen LogP contribution in [0.15, 0.2) is 23.2 Å². The summed E-state index contributed by atoms with van der Waals surface area (Å²) in [5.41, 5.74) is 1.32. The van der Waals surface area contributed by atoms with Gasteiger partial charge in [0.05, 0.1) is 20.8 Å². The molecular weight excluding hydrogens is 495 g/mol. The Labute approximate surface area is 199 Å². The van der Waals surface area contributed by atoms with Crippen LogP contribution in [0, 0.1) is 0 Å². The molecule has 0 aliphatic rings. The Morgan fingerprint density at radius 2 is 1.80 bits per heavy atom. The second-order valence-corrected chi connectivity index (χ2v) is 7.43. The van der Waals surface area contributed by atoms with Gasteiger partial charge in [-0.3, -0.25) is 4.90 Å². The summed E-state index contributed by atoms with van der Waals surface area (Å²) in [6, 6.07) is 6.51. The van der Waals surface area contributed by atoms with Crippen LogP contribution < -0.4 is 15.4 Å². The van der Waals surface area contributed by atoms with Gasteiger partial charge in [0.1, 0.15) is 11.3 Å². The van der Waals surface area contributed by atoms with Gasteiger partial charge < -0.3 is 20.1 Å². The van der Waals surface area contributed by atoms with Gasteiger partial charge >= 0.3 is 5.97 Å². The second-order valence-electron chi connectivity index (χ2n) is 7.43. The van der Waals surface area contributed by atoms with E-state index in [0.717, 1.165) is 37.6 Å². The van der Waals surface area contributed by atoms with Gasteiger partial charge in [-0.05, 0) is 58.7 Å². The molecule has 1 aromatic rings. The van der Waals surface area contributed by atoms with Crippen LogP contribution in [0.25, 0.3) is 0 Å². The largest absolute Gasteiger partial charge is 0.496 e. The monoisotopic (exact) mass is 534 g/mol. The zero-order valence-corrected chi connectivity index (χ0v) is 21.8. The lowest BCUT2D eigenvalue weighted by molar-refractivity contribution is 0.0597. The third kappa shape index (κ3) is 9.51. The molecule has 0 amide bonds. The lowest BCUT2D eigenvalue weighted by atomic mass is 10.1. The van der Waals surface area contributed by atoms with Gasteiger partial charge in [-0.15, -0.1) is 24.0 Å². The molecule has 0 saturated carbocycles. The number of halogens is 1. The number of carbonyl (C=O) groups is 1. The van der Waals surface area contributed by atoms with Gasteiger partial charge in [0.25, 0.3) is 0 Å². The standard InChI is InChI=1S/C22H38N4O3.HI/c1-8-23-22(24-12-9-13-26(16(2)3)17(4)5)25-15-18-10-11-20(28-6)19(14-18)21(27)29-7;/h10-11,14,16-17H,8-9,12-13,15H2,1-7H3,(H2,23,24,25);1H. The first-order valence-electron chi connectivity index (χ1n) is 10.4. The van der Waals surface area contributed by atoms with Crippen molar-refractivity contribution >= 4 is 35.9 Å². The number of hydrogen-bond acceptors (Lipinski definition) is 5. The molecule has 0 saturated heterocycles. The van der Waals surface area contributed by atoms with E-state index in [9.17, 15) is 4.79 Å². The molecule has 0 aliphatic carbocycles. The van der Waals surface area contributed by atoms with Crippen LogP contribution in [0.3, 0.4) is 0 Å². The number of nitrogens with one attached hydrogen (secondary N) is 2. The van der Waals surface area contributed by atoms with E-state index in [1.165, 1.54) is 14.2 Å². The molecule has 8 heteroatoms. The van der Waals surface area contributed by atoms with E-state index in [4.69, 9.17) is 9.47 Å². The van der Waals surface area contributed by atoms with Crippen molar-refractivity contribution in [3.63, 3.8) is 0 Å². The fraction of sp³-hybridized carbons (Fsp3) is 0.636. The number of esters is 1. The van der Waals surface area contributed by atoms with Crippen molar-refractivity contribution in [1.29, 1.82) is 0 Å². The molecule has 2 N–H and O–H groups in total. The molecule has 0 radical (unpaired) electrons. The normalized spacial score (nSPS) is 11.5. The van der Waals surface area contributed by atoms with Crippen molar-refractivity contribution in [2.75, 3.05) is 33.9 Å². The minimum absolute atomic E-state index is 0. The van der Waals surface area contributed by atoms with Crippen molar-refractivity contribution in [3.8, 4) is 5.75 Å². The van der Waals surface area contributed by atoms with Crippen molar-refractivity contribution in [1.82, 2.24) is 15.5 Å². The maximum absolute atomic E-state index is 11.9. The zero-order chi connectivity index (χ0) is 21.8. The zero-order valence-electron chi connectivity index (χ0n) is 19.4. The number of aliphatic imine (C=N–C) groups is 1. The number of nitrogens with zero attached hydrogens (tertiary/aromatic N) is 2. The summed E-state index contributed by atoms with van der Waals surface area (Å²) in [4.78, 5) is 19.1. The number of carbonyl (C=O) groups excluding carboxylic acids is 1. The first-order valence-corrected chi connectivity index (χ1v) is 10.4. The summed E-state index contributed by atoms with van der Waals surface area (Å²) in [5.74, 6) is 0.843. The van der Waals surface area contributed by atoms with Gasteiger partial charge in [0, 0.05) is 31.7 Å². The highest BCUT2D eigenvalue weighted by atomic mass is 127. The third-order valence-corrected chi connectivity index (χ3v) is 4.65. The van der Waals surface area contributed by atoms with Gasteiger partial charge in [-0.1, -0.05) is 6.07 Å². The fourth-order valence-electron chi connectivity index (χ4n) is 3.22. The first-order chi connectivity index (χ1) is 13.8. The topological polar surface area (TPSA) is 75.2 Å². The quantitative estimate of drug-likeness (QED) is 0.148. The molecule has 0 spiro atoms. The summed E-state index contributed by atoms with van der Waals surface area (Å²) in [6.45, 7) is 14.1. The summed E-state index contributed by atoms with van der Waals surface area (Å²) in [7, 11) is 2.89. The Morgan fingerprint density at radius 1 is 1.13 bits per heavy atom. The van der Waals surface area contributed by atoms with Crippen molar-refractivity contribution in [2.45, 2.75) is 59.7 Å². The van der Waals surface area contributed by atoms with Crippen molar-refractivity contribution in [3.05, 3.63) is 29.3 Å². The number of methoxy groups -OCH3 is 2. The molecule has 30 heavy (non-hydrogen) atoms. The molecule has 1 aromatic carbocycles.